The number of halogens is 2. The van der Waals surface area contributed by atoms with E-state index in [1.54, 1.807) is 6.07 Å². The summed E-state index contributed by atoms with van der Waals surface area (Å²) in [6.45, 7) is -0.860. The van der Waals surface area contributed by atoms with Crippen molar-refractivity contribution in [2.45, 2.75) is 25.7 Å². The maximum Gasteiger partial charge on any atom is 0.255 e. The number of pyridine rings is 1. The van der Waals surface area contributed by atoms with Crippen LogP contribution >= 0.6 is 0 Å². The highest BCUT2D eigenvalue weighted by molar-refractivity contribution is 6.01. The normalized spacial score (nSPS) is 14.6. The van der Waals surface area contributed by atoms with Gasteiger partial charge in [-0.15, -0.1) is 0 Å². The number of aromatic nitrogens is 1. The Balaban J connectivity index is 2.47. The number of oxime groups is 1. The summed E-state index contributed by atoms with van der Waals surface area (Å²) in [7, 11) is 0. The summed E-state index contributed by atoms with van der Waals surface area (Å²) in [5.74, 6) is 0.0460. The zero-order chi connectivity index (χ0) is 15.4. The Labute approximate surface area is 120 Å². The zero-order valence-corrected chi connectivity index (χ0v) is 11.5. The van der Waals surface area contributed by atoms with E-state index >= 15 is 0 Å². The lowest BCUT2D eigenvalue weighted by Crippen LogP contribution is -2.34. The fraction of sp³-hybridized carbons (Fsp3) is 0.538. The van der Waals surface area contributed by atoms with Gasteiger partial charge in [0.05, 0.1) is 18.7 Å². The summed E-state index contributed by atoms with van der Waals surface area (Å²) in [5.41, 5.74) is 7.78. The first-order valence-electron chi connectivity index (χ1n) is 6.71. The van der Waals surface area contributed by atoms with Crippen LogP contribution in [0.25, 0.3) is 0 Å². The molecule has 1 heterocycles. The largest absolute Gasteiger partial charge is 0.409 e. The van der Waals surface area contributed by atoms with Crippen LogP contribution in [0.15, 0.2) is 11.2 Å². The molecular weight excluding hydrogens is 282 g/mol. The van der Waals surface area contributed by atoms with Crippen molar-refractivity contribution >= 4 is 11.7 Å². The molecule has 4 N–H and O–H groups in total. The molecule has 0 bridgehead atoms. The third-order valence-corrected chi connectivity index (χ3v) is 3.44. The highest BCUT2D eigenvalue weighted by Gasteiger charge is 2.23. The van der Waals surface area contributed by atoms with Crippen molar-refractivity contribution in [2.24, 2.45) is 10.9 Å². The molecule has 0 unspecified atom stereocenters. The van der Waals surface area contributed by atoms with Crippen molar-refractivity contribution in [2.75, 3.05) is 24.6 Å². The van der Waals surface area contributed by atoms with Gasteiger partial charge in [-0.3, -0.25) is 0 Å². The molecule has 1 aromatic heterocycles. The average Bonchev–Trinajstić information content (AvgIpc) is 2.91. The maximum atomic E-state index is 12.7. The Hall–Kier alpha value is -1.96. The van der Waals surface area contributed by atoms with Crippen LogP contribution in [-0.4, -0.2) is 47.3 Å². The summed E-state index contributed by atoms with van der Waals surface area (Å²) in [4.78, 5) is 5.66. The highest BCUT2D eigenvalue weighted by atomic mass is 19.3. The van der Waals surface area contributed by atoms with Crippen LogP contribution in [0.1, 0.15) is 23.2 Å². The Kier molecular flexibility index (Phi) is 4.89. The molecule has 2 rings (SSSR count). The summed E-state index contributed by atoms with van der Waals surface area (Å²) >= 11 is 0. The fourth-order valence-corrected chi connectivity index (χ4v) is 2.52. The summed E-state index contributed by atoms with van der Waals surface area (Å²) in [5, 5.41) is 20.9. The Bertz CT molecular complexity index is 537. The van der Waals surface area contributed by atoms with E-state index in [1.807, 2.05) is 0 Å². The fourth-order valence-electron chi connectivity index (χ4n) is 2.52. The second-order valence-electron chi connectivity index (χ2n) is 4.86. The molecular formula is C13H18F2N4O2. The van der Waals surface area contributed by atoms with Crippen molar-refractivity contribution in [3.63, 3.8) is 0 Å². The van der Waals surface area contributed by atoms with Crippen molar-refractivity contribution in [3.05, 3.63) is 22.9 Å². The molecule has 1 aliphatic rings. The number of fused-ring (bicyclic) bond motifs is 1. The van der Waals surface area contributed by atoms with Gasteiger partial charge in [0.15, 0.2) is 5.84 Å². The molecule has 0 saturated heterocycles. The molecule has 0 saturated carbocycles. The first-order chi connectivity index (χ1) is 10.1. The molecule has 1 aliphatic carbocycles. The van der Waals surface area contributed by atoms with Gasteiger partial charge in [-0.05, 0) is 30.9 Å². The van der Waals surface area contributed by atoms with Gasteiger partial charge >= 0.3 is 0 Å². The van der Waals surface area contributed by atoms with E-state index in [9.17, 15) is 8.78 Å². The molecule has 6 nitrogen and oxygen atoms in total. The van der Waals surface area contributed by atoms with Gasteiger partial charge < -0.3 is 20.9 Å². The second-order valence-corrected chi connectivity index (χ2v) is 4.86. The van der Waals surface area contributed by atoms with E-state index in [2.05, 4.69) is 10.1 Å². The van der Waals surface area contributed by atoms with E-state index in [0.717, 1.165) is 30.5 Å². The monoisotopic (exact) mass is 300 g/mol. The lowest BCUT2D eigenvalue weighted by Gasteiger charge is -2.25. The number of anilines is 1. The number of rotatable bonds is 6. The molecule has 0 amide bonds. The number of hydrogen-bond donors (Lipinski definition) is 3. The molecule has 8 heteroatoms. The summed E-state index contributed by atoms with van der Waals surface area (Å²) in [6.07, 6.45) is -0.0217. The summed E-state index contributed by atoms with van der Waals surface area (Å²) < 4.78 is 25.4. The predicted molar refractivity (Wildman–Crippen MR) is 74.1 cm³/mol. The minimum atomic E-state index is -2.58. The maximum absolute atomic E-state index is 12.7. The second kappa shape index (κ2) is 6.66. The number of aryl methyl sites for hydroxylation is 2. The number of amidine groups is 1. The number of alkyl halides is 2. The van der Waals surface area contributed by atoms with Crippen LogP contribution in [0.5, 0.6) is 0 Å². The lowest BCUT2D eigenvalue weighted by molar-refractivity contribution is 0.152. The third-order valence-electron chi connectivity index (χ3n) is 3.44. The number of aliphatic hydroxyl groups excluding tert-OH is 1. The minimum absolute atomic E-state index is 0.00182. The quantitative estimate of drug-likeness (QED) is 0.311. The first-order valence-corrected chi connectivity index (χ1v) is 6.71. The number of aliphatic hydroxyl groups is 1. The molecule has 0 fully saturated rings. The lowest BCUT2D eigenvalue weighted by atomic mass is 10.1. The SMILES string of the molecule is N/C(=N/O)c1cc2c(nc1N(CCO)CC(F)F)CCC2. The van der Waals surface area contributed by atoms with Gasteiger partial charge in [-0.2, -0.15) is 0 Å². The van der Waals surface area contributed by atoms with Gasteiger partial charge in [-0.25, -0.2) is 13.8 Å². The zero-order valence-electron chi connectivity index (χ0n) is 11.5. The van der Waals surface area contributed by atoms with Crippen LogP contribution < -0.4 is 10.6 Å². The summed E-state index contributed by atoms with van der Waals surface area (Å²) in [6, 6.07) is 1.73. The molecule has 1 aromatic rings. The van der Waals surface area contributed by atoms with E-state index in [0.29, 0.717) is 5.56 Å². The highest BCUT2D eigenvalue weighted by Crippen LogP contribution is 2.27. The molecule has 21 heavy (non-hydrogen) atoms. The minimum Gasteiger partial charge on any atom is -0.409 e. The molecule has 116 valence electrons. The number of hydrogen-bond acceptors (Lipinski definition) is 5. The van der Waals surface area contributed by atoms with Crippen LogP contribution in [0.4, 0.5) is 14.6 Å². The first kappa shape index (κ1) is 15.4. The van der Waals surface area contributed by atoms with Gasteiger partial charge in [-0.1, -0.05) is 5.16 Å². The molecule has 0 aliphatic heterocycles. The molecule has 0 aromatic carbocycles. The van der Waals surface area contributed by atoms with Crippen molar-refractivity contribution in [3.8, 4) is 0 Å². The topological polar surface area (TPSA) is 95.0 Å². The van der Waals surface area contributed by atoms with E-state index < -0.39 is 13.0 Å². The van der Waals surface area contributed by atoms with E-state index in [1.165, 1.54) is 4.90 Å². The Morgan fingerprint density at radius 2 is 2.24 bits per heavy atom. The Morgan fingerprint density at radius 1 is 1.48 bits per heavy atom. The van der Waals surface area contributed by atoms with Crippen molar-refractivity contribution in [1.82, 2.24) is 4.98 Å². The van der Waals surface area contributed by atoms with Crippen LogP contribution in [0, 0.1) is 0 Å². The Morgan fingerprint density at radius 3 is 2.86 bits per heavy atom. The van der Waals surface area contributed by atoms with Crippen molar-refractivity contribution < 1.29 is 19.1 Å². The van der Waals surface area contributed by atoms with E-state index in [4.69, 9.17) is 16.0 Å². The van der Waals surface area contributed by atoms with Gasteiger partial charge in [0, 0.05) is 12.2 Å². The van der Waals surface area contributed by atoms with E-state index in [-0.39, 0.29) is 24.8 Å². The molecule has 0 radical (unpaired) electrons. The standard InChI is InChI=1S/C13H18F2N4O2/c14-11(15)7-19(4-5-20)13-9(12(16)18-21)6-8-2-1-3-10(8)17-13/h6,11,20-21H,1-5,7H2,(H2,16,18). The van der Waals surface area contributed by atoms with Crippen LogP contribution in [0.2, 0.25) is 0 Å². The predicted octanol–water partition coefficient (Wildman–Crippen LogP) is 0.729. The number of nitrogens with zero attached hydrogens (tertiary/aromatic N) is 3. The molecule has 0 spiro atoms. The smallest absolute Gasteiger partial charge is 0.255 e. The van der Waals surface area contributed by atoms with Crippen molar-refractivity contribution in [1.29, 1.82) is 0 Å². The molecule has 0 atom stereocenters. The number of nitrogens with two attached hydrogens (primary N) is 1. The third kappa shape index (κ3) is 3.38. The van der Waals surface area contributed by atoms with Crippen LogP contribution in [0.3, 0.4) is 0 Å². The van der Waals surface area contributed by atoms with Gasteiger partial charge in [0.2, 0.25) is 0 Å². The van der Waals surface area contributed by atoms with Crippen LogP contribution in [-0.2, 0) is 12.8 Å². The average molecular weight is 300 g/mol. The van der Waals surface area contributed by atoms with Gasteiger partial charge in [0.1, 0.15) is 5.82 Å². The van der Waals surface area contributed by atoms with Gasteiger partial charge in [0.25, 0.3) is 6.43 Å².